The van der Waals surface area contributed by atoms with Crippen molar-refractivity contribution < 1.29 is 4.79 Å². The molecule has 5 heteroatoms. The molecule has 0 amide bonds. The molecule has 0 radical (unpaired) electrons. The number of aromatic amines is 1. The molecule has 0 aliphatic rings. The zero-order valence-corrected chi connectivity index (χ0v) is 14.4. The molecule has 120 valence electrons. The summed E-state index contributed by atoms with van der Waals surface area (Å²) >= 11 is 7.35. The van der Waals surface area contributed by atoms with Crippen LogP contribution in [0, 0.1) is 6.92 Å². The third-order valence-electron chi connectivity index (χ3n) is 3.54. The Morgan fingerprint density at radius 1 is 1.12 bits per heavy atom. The predicted octanol–water partition coefficient (Wildman–Crippen LogP) is 2.89. The molecule has 0 saturated heterocycles. The van der Waals surface area contributed by atoms with Crippen LogP contribution in [0.3, 0.4) is 0 Å². The maximum atomic E-state index is 12.4. The van der Waals surface area contributed by atoms with Crippen LogP contribution >= 0.6 is 22.9 Å². The quantitative estimate of drug-likeness (QED) is 0.734. The van der Waals surface area contributed by atoms with E-state index >= 15 is 0 Å². The molecular formula is C19H14ClNO2S. The van der Waals surface area contributed by atoms with Crippen LogP contribution in [-0.4, -0.2) is 10.8 Å². The number of aryl methyl sites for hydroxylation is 1. The summed E-state index contributed by atoms with van der Waals surface area (Å²) in [7, 11) is 0. The van der Waals surface area contributed by atoms with Gasteiger partial charge in [0, 0.05) is 16.7 Å². The van der Waals surface area contributed by atoms with Crippen LogP contribution in [-0.2, 0) is 0 Å². The molecule has 1 aromatic heterocycles. The highest BCUT2D eigenvalue weighted by Crippen LogP contribution is 2.15. The first-order valence-electron chi connectivity index (χ1n) is 7.31. The first kappa shape index (κ1) is 16.4. The molecule has 0 atom stereocenters. The van der Waals surface area contributed by atoms with Crippen molar-refractivity contribution >= 4 is 40.9 Å². The van der Waals surface area contributed by atoms with E-state index in [1.165, 1.54) is 17.4 Å². The van der Waals surface area contributed by atoms with Crippen LogP contribution < -0.4 is 14.8 Å². The zero-order valence-electron chi connectivity index (χ0n) is 12.9. The van der Waals surface area contributed by atoms with E-state index in [4.69, 9.17) is 11.6 Å². The van der Waals surface area contributed by atoms with Crippen molar-refractivity contribution in [2.75, 3.05) is 0 Å². The smallest absolute Gasteiger partial charge is 0.266 e. The first-order valence-corrected chi connectivity index (χ1v) is 8.51. The Labute approximate surface area is 147 Å². The summed E-state index contributed by atoms with van der Waals surface area (Å²) in [4.78, 5) is 27.2. The lowest BCUT2D eigenvalue weighted by Gasteiger charge is -1.99. The lowest BCUT2D eigenvalue weighted by molar-refractivity contribution is 0.106. The summed E-state index contributed by atoms with van der Waals surface area (Å²) in [5, 5.41) is 0.576. The van der Waals surface area contributed by atoms with E-state index < -0.39 is 0 Å². The number of Topliss-reactive ketones (excluding diaryl/α,β-unsaturated/α-hetero) is 1. The van der Waals surface area contributed by atoms with Crippen molar-refractivity contribution in [2.45, 2.75) is 6.92 Å². The molecule has 3 nitrogen and oxygen atoms in total. The van der Waals surface area contributed by atoms with E-state index in [-0.39, 0.29) is 11.3 Å². The van der Waals surface area contributed by atoms with Crippen LogP contribution in [0.2, 0.25) is 5.02 Å². The topological polar surface area (TPSA) is 49.9 Å². The number of carbonyl (C=O) groups is 1. The number of ketones is 1. The summed E-state index contributed by atoms with van der Waals surface area (Å²) in [6, 6.07) is 14.7. The van der Waals surface area contributed by atoms with Crippen LogP contribution in [0.25, 0.3) is 12.2 Å². The monoisotopic (exact) mass is 355 g/mol. The van der Waals surface area contributed by atoms with Crippen molar-refractivity contribution in [1.82, 2.24) is 4.98 Å². The second-order valence-electron chi connectivity index (χ2n) is 5.27. The van der Waals surface area contributed by atoms with Crippen LogP contribution in [0.15, 0.2) is 53.3 Å². The van der Waals surface area contributed by atoms with E-state index in [0.29, 0.717) is 19.8 Å². The first-order chi connectivity index (χ1) is 11.5. The number of carbonyl (C=O) groups excluding carboxylic acids is 1. The summed E-state index contributed by atoms with van der Waals surface area (Å²) in [5.74, 6) is -0.130. The molecule has 0 unspecified atom stereocenters. The van der Waals surface area contributed by atoms with Crippen molar-refractivity contribution in [1.29, 1.82) is 0 Å². The fourth-order valence-corrected chi connectivity index (χ4v) is 3.37. The summed E-state index contributed by atoms with van der Waals surface area (Å²) in [6.45, 7) is 1.88. The van der Waals surface area contributed by atoms with Gasteiger partial charge in [0.25, 0.3) is 5.56 Å². The molecule has 3 rings (SSSR count). The number of halogens is 1. The van der Waals surface area contributed by atoms with E-state index in [0.717, 1.165) is 11.1 Å². The molecule has 0 bridgehead atoms. The van der Waals surface area contributed by atoms with E-state index in [1.54, 1.807) is 18.2 Å². The Morgan fingerprint density at radius 3 is 2.58 bits per heavy atom. The molecule has 0 saturated carbocycles. The van der Waals surface area contributed by atoms with Gasteiger partial charge in [-0.25, -0.2) is 0 Å². The highest BCUT2D eigenvalue weighted by atomic mass is 35.5. The summed E-state index contributed by atoms with van der Waals surface area (Å²) in [5.41, 5.74) is 2.07. The number of rotatable bonds is 3. The predicted molar refractivity (Wildman–Crippen MR) is 99.2 cm³/mol. The van der Waals surface area contributed by atoms with Gasteiger partial charge in [-0.15, -0.1) is 11.3 Å². The van der Waals surface area contributed by atoms with Gasteiger partial charge in [-0.1, -0.05) is 54.1 Å². The molecule has 0 aliphatic carbocycles. The molecule has 1 heterocycles. The Morgan fingerprint density at radius 2 is 1.83 bits per heavy atom. The second-order valence-corrected chi connectivity index (χ2v) is 6.77. The molecule has 3 aromatic rings. The number of nitrogens with one attached hydrogen (secondary N) is 1. The number of benzene rings is 2. The van der Waals surface area contributed by atoms with E-state index in [2.05, 4.69) is 4.98 Å². The molecule has 0 fully saturated rings. The van der Waals surface area contributed by atoms with Gasteiger partial charge in [0.1, 0.15) is 0 Å². The largest absolute Gasteiger partial charge is 0.313 e. The molecule has 1 N–H and O–H groups in total. The standard InChI is InChI=1S/C19H14ClNO2S/c1-12-6-2-4-8-14(12)16(22)11-18-21-19(23)17(24-18)10-13-7-3-5-9-15(13)20/h2-11H,1H3,(H,21,23). The highest BCUT2D eigenvalue weighted by Gasteiger charge is 2.06. The molecule has 24 heavy (non-hydrogen) atoms. The van der Waals surface area contributed by atoms with Gasteiger partial charge in [-0.05, 0) is 30.2 Å². The highest BCUT2D eigenvalue weighted by molar-refractivity contribution is 7.07. The maximum absolute atomic E-state index is 12.4. The van der Waals surface area contributed by atoms with E-state index in [1.807, 2.05) is 43.3 Å². The van der Waals surface area contributed by atoms with Gasteiger partial charge in [-0.3, -0.25) is 9.59 Å². The van der Waals surface area contributed by atoms with Crippen LogP contribution in [0.4, 0.5) is 0 Å². The molecule has 0 aliphatic heterocycles. The fraction of sp³-hybridized carbons (Fsp3) is 0.0526. The minimum atomic E-state index is -0.233. The molecular weight excluding hydrogens is 342 g/mol. The number of thiazole rings is 1. The zero-order chi connectivity index (χ0) is 17.1. The third-order valence-corrected chi connectivity index (χ3v) is 4.85. The van der Waals surface area contributed by atoms with Crippen molar-refractivity contribution in [3.05, 3.63) is 89.8 Å². The SMILES string of the molecule is Cc1ccccc1C(=O)C=c1[nH]c(=O)c(=Cc2ccccc2Cl)s1. The molecule has 2 aromatic carbocycles. The normalized spacial score (nSPS) is 12.6. The van der Waals surface area contributed by atoms with Crippen molar-refractivity contribution in [3.8, 4) is 0 Å². The number of H-pyrrole nitrogens is 1. The van der Waals surface area contributed by atoms with Gasteiger partial charge in [-0.2, -0.15) is 0 Å². The van der Waals surface area contributed by atoms with Gasteiger partial charge < -0.3 is 4.98 Å². The van der Waals surface area contributed by atoms with Crippen LogP contribution in [0.1, 0.15) is 21.5 Å². The van der Waals surface area contributed by atoms with Gasteiger partial charge in [0.05, 0.1) is 9.20 Å². The third kappa shape index (κ3) is 3.55. The average Bonchev–Trinajstić information content (AvgIpc) is 2.89. The number of hydrogen-bond donors (Lipinski definition) is 1. The minimum absolute atomic E-state index is 0.130. The lowest BCUT2D eigenvalue weighted by atomic mass is 10.1. The average molecular weight is 356 g/mol. The fourth-order valence-electron chi connectivity index (χ4n) is 2.30. The van der Waals surface area contributed by atoms with E-state index in [9.17, 15) is 9.59 Å². The number of aromatic nitrogens is 1. The maximum Gasteiger partial charge on any atom is 0.266 e. The Balaban J connectivity index is 2.04. The van der Waals surface area contributed by atoms with Crippen molar-refractivity contribution in [3.63, 3.8) is 0 Å². The number of hydrogen-bond acceptors (Lipinski definition) is 3. The lowest BCUT2D eigenvalue weighted by Crippen LogP contribution is -2.20. The Bertz CT molecular complexity index is 1080. The Hall–Kier alpha value is -2.43. The summed E-state index contributed by atoms with van der Waals surface area (Å²) in [6.07, 6.45) is 3.18. The van der Waals surface area contributed by atoms with Crippen molar-refractivity contribution in [2.24, 2.45) is 0 Å². The van der Waals surface area contributed by atoms with Gasteiger partial charge in [0.2, 0.25) is 0 Å². The second kappa shape index (κ2) is 6.99. The minimum Gasteiger partial charge on any atom is -0.313 e. The Kier molecular flexibility index (Phi) is 4.79. The summed E-state index contributed by atoms with van der Waals surface area (Å²) < 4.78 is 1.03. The van der Waals surface area contributed by atoms with Gasteiger partial charge >= 0.3 is 0 Å². The van der Waals surface area contributed by atoms with Crippen LogP contribution in [0.5, 0.6) is 0 Å². The van der Waals surface area contributed by atoms with Gasteiger partial charge in [0.15, 0.2) is 5.78 Å². The molecule has 0 spiro atoms.